The van der Waals surface area contributed by atoms with Crippen LogP contribution in [-0.2, 0) is 0 Å². The lowest BCUT2D eigenvalue weighted by atomic mass is 10.5. The van der Waals surface area contributed by atoms with Crippen molar-refractivity contribution in [3.05, 3.63) is 0 Å². The van der Waals surface area contributed by atoms with Crippen LogP contribution in [0.1, 0.15) is 20.3 Å². The third-order valence-electron chi connectivity index (χ3n) is 1.46. The van der Waals surface area contributed by atoms with Gasteiger partial charge in [-0.3, -0.25) is 0 Å². The molecule has 0 atom stereocenters. The minimum absolute atomic E-state index is 0.243. The van der Waals surface area contributed by atoms with Crippen molar-refractivity contribution in [1.29, 1.82) is 0 Å². The predicted octanol–water partition coefficient (Wildman–Crippen LogP) is -0.280. The molecular weight excluding hydrogens is 142 g/mol. The van der Waals surface area contributed by atoms with Gasteiger partial charge in [0.1, 0.15) is 0 Å². The van der Waals surface area contributed by atoms with E-state index in [1.54, 1.807) is 0 Å². The van der Waals surface area contributed by atoms with Gasteiger partial charge >= 0.3 is 0 Å². The van der Waals surface area contributed by atoms with Gasteiger partial charge in [0.05, 0.1) is 0 Å². The Bertz CT molecular complexity index is 76.1. The van der Waals surface area contributed by atoms with Gasteiger partial charge in [-0.25, -0.2) is 10.4 Å². The molecule has 0 heterocycles. The third-order valence-corrected chi connectivity index (χ3v) is 1.46. The number of rotatable bonds is 7. The van der Waals surface area contributed by atoms with E-state index in [2.05, 4.69) is 29.8 Å². The van der Waals surface area contributed by atoms with Crippen LogP contribution in [0.2, 0.25) is 0 Å². The first-order valence-electron chi connectivity index (χ1n) is 4.19. The SMILES string of the molecule is CCN(CC)NNCCCO. The van der Waals surface area contributed by atoms with Crippen molar-refractivity contribution < 1.29 is 5.11 Å². The summed E-state index contributed by atoms with van der Waals surface area (Å²) in [5, 5.41) is 10.5. The molecule has 0 aromatic rings. The molecule has 0 aromatic carbocycles. The molecule has 0 aromatic heterocycles. The van der Waals surface area contributed by atoms with Crippen LogP contribution >= 0.6 is 0 Å². The summed E-state index contributed by atoms with van der Waals surface area (Å²) in [5.41, 5.74) is 6.03. The van der Waals surface area contributed by atoms with Gasteiger partial charge in [-0.2, -0.15) is 5.53 Å². The van der Waals surface area contributed by atoms with E-state index in [1.807, 2.05) is 0 Å². The lowest BCUT2D eigenvalue weighted by Crippen LogP contribution is -2.47. The molecule has 0 bridgehead atoms. The van der Waals surface area contributed by atoms with Crippen molar-refractivity contribution >= 4 is 0 Å². The van der Waals surface area contributed by atoms with Crippen LogP contribution in [0.3, 0.4) is 0 Å². The molecule has 0 rings (SSSR count). The number of hydrogen-bond acceptors (Lipinski definition) is 4. The van der Waals surface area contributed by atoms with Crippen molar-refractivity contribution in [2.75, 3.05) is 26.2 Å². The Labute approximate surface area is 68.5 Å². The van der Waals surface area contributed by atoms with Crippen molar-refractivity contribution in [1.82, 2.24) is 16.0 Å². The lowest BCUT2D eigenvalue weighted by molar-refractivity contribution is 0.165. The van der Waals surface area contributed by atoms with Crippen LogP contribution in [0.25, 0.3) is 0 Å². The summed E-state index contributed by atoms with van der Waals surface area (Å²) in [6.45, 7) is 7.17. The monoisotopic (exact) mass is 161 g/mol. The van der Waals surface area contributed by atoms with E-state index in [9.17, 15) is 0 Å². The van der Waals surface area contributed by atoms with Crippen molar-refractivity contribution in [3.8, 4) is 0 Å². The molecule has 0 radical (unpaired) electrons. The van der Waals surface area contributed by atoms with Crippen LogP contribution in [0.4, 0.5) is 0 Å². The van der Waals surface area contributed by atoms with E-state index < -0.39 is 0 Å². The average Bonchev–Trinajstić information content (AvgIpc) is 2.05. The Morgan fingerprint density at radius 1 is 1.27 bits per heavy atom. The van der Waals surface area contributed by atoms with Gasteiger partial charge in [-0.15, -0.1) is 0 Å². The Morgan fingerprint density at radius 3 is 2.36 bits per heavy atom. The highest BCUT2D eigenvalue weighted by Crippen LogP contribution is 1.76. The molecule has 11 heavy (non-hydrogen) atoms. The number of aliphatic hydroxyl groups is 1. The maximum Gasteiger partial charge on any atom is 0.0443 e. The molecule has 4 heteroatoms. The maximum absolute atomic E-state index is 8.46. The number of nitrogens with one attached hydrogen (secondary N) is 2. The first-order valence-corrected chi connectivity index (χ1v) is 4.19. The summed E-state index contributed by atoms with van der Waals surface area (Å²) < 4.78 is 0. The van der Waals surface area contributed by atoms with Gasteiger partial charge in [0.25, 0.3) is 0 Å². The van der Waals surface area contributed by atoms with Gasteiger partial charge in [0.2, 0.25) is 0 Å². The second-order valence-electron chi connectivity index (χ2n) is 2.29. The van der Waals surface area contributed by atoms with E-state index >= 15 is 0 Å². The Kier molecular flexibility index (Phi) is 7.83. The van der Waals surface area contributed by atoms with Gasteiger partial charge in [-0.05, 0) is 6.42 Å². The van der Waals surface area contributed by atoms with Crippen LogP contribution < -0.4 is 11.0 Å². The molecule has 0 fully saturated rings. The molecule has 0 unspecified atom stereocenters. The minimum atomic E-state index is 0.243. The summed E-state index contributed by atoms with van der Waals surface area (Å²) in [6, 6.07) is 0. The highest BCUT2D eigenvalue weighted by Gasteiger charge is 1.94. The van der Waals surface area contributed by atoms with E-state index in [0.717, 1.165) is 26.1 Å². The normalized spacial score (nSPS) is 10.9. The van der Waals surface area contributed by atoms with E-state index in [4.69, 9.17) is 5.11 Å². The fourth-order valence-electron chi connectivity index (χ4n) is 0.717. The molecule has 0 aliphatic rings. The Balaban J connectivity index is 3.07. The predicted molar refractivity (Wildman–Crippen MR) is 45.8 cm³/mol. The Morgan fingerprint density at radius 2 is 1.91 bits per heavy atom. The van der Waals surface area contributed by atoms with Crippen LogP contribution in [0.15, 0.2) is 0 Å². The minimum Gasteiger partial charge on any atom is -0.396 e. The van der Waals surface area contributed by atoms with Crippen molar-refractivity contribution in [3.63, 3.8) is 0 Å². The fraction of sp³-hybridized carbons (Fsp3) is 1.00. The third kappa shape index (κ3) is 6.25. The van der Waals surface area contributed by atoms with Gasteiger partial charge in [0, 0.05) is 26.2 Å². The molecule has 0 amide bonds. The zero-order valence-electron chi connectivity index (χ0n) is 7.43. The topological polar surface area (TPSA) is 47.5 Å². The number of nitrogens with zero attached hydrogens (tertiary/aromatic N) is 1. The zero-order valence-corrected chi connectivity index (χ0v) is 7.43. The number of aliphatic hydroxyl groups excluding tert-OH is 1. The first-order chi connectivity index (χ1) is 5.35. The standard InChI is InChI=1S/C7H19N3O/c1-3-10(4-2)9-8-6-5-7-11/h8-9,11H,3-7H2,1-2H3. The van der Waals surface area contributed by atoms with Gasteiger partial charge in [-0.1, -0.05) is 13.8 Å². The summed E-state index contributed by atoms with van der Waals surface area (Å²) >= 11 is 0. The summed E-state index contributed by atoms with van der Waals surface area (Å²) in [5.74, 6) is 0. The highest BCUT2D eigenvalue weighted by atomic mass is 16.3. The quantitative estimate of drug-likeness (QED) is 0.355. The first kappa shape index (κ1) is 10.8. The molecule has 3 N–H and O–H groups in total. The fourth-order valence-corrected chi connectivity index (χ4v) is 0.717. The molecule has 0 aliphatic carbocycles. The molecule has 0 saturated heterocycles. The smallest absolute Gasteiger partial charge is 0.0443 e. The zero-order chi connectivity index (χ0) is 8.53. The van der Waals surface area contributed by atoms with E-state index in [1.165, 1.54) is 0 Å². The Hall–Kier alpha value is -0.160. The summed E-state index contributed by atoms with van der Waals surface area (Å²) in [4.78, 5) is 0. The lowest BCUT2D eigenvalue weighted by Gasteiger charge is -2.19. The second kappa shape index (κ2) is 7.94. The van der Waals surface area contributed by atoms with Crippen molar-refractivity contribution in [2.45, 2.75) is 20.3 Å². The van der Waals surface area contributed by atoms with E-state index in [0.29, 0.717) is 0 Å². The molecule has 68 valence electrons. The molecule has 0 saturated carbocycles. The van der Waals surface area contributed by atoms with Gasteiger partial charge < -0.3 is 5.11 Å². The van der Waals surface area contributed by atoms with Crippen molar-refractivity contribution in [2.24, 2.45) is 0 Å². The summed E-state index contributed by atoms with van der Waals surface area (Å²) in [6.07, 6.45) is 0.786. The molecule has 0 spiro atoms. The molecule has 0 aliphatic heterocycles. The summed E-state index contributed by atoms with van der Waals surface area (Å²) in [7, 11) is 0. The van der Waals surface area contributed by atoms with Crippen LogP contribution in [-0.4, -0.2) is 36.4 Å². The maximum atomic E-state index is 8.46. The van der Waals surface area contributed by atoms with Crippen LogP contribution in [0, 0.1) is 0 Å². The number of hydrogen-bond donors (Lipinski definition) is 3. The highest BCUT2D eigenvalue weighted by molar-refractivity contribution is 4.42. The van der Waals surface area contributed by atoms with E-state index in [-0.39, 0.29) is 6.61 Å². The second-order valence-corrected chi connectivity index (χ2v) is 2.29. The average molecular weight is 161 g/mol. The van der Waals surface area contributed by atoms with Gasteiger partial charge in [0.15, 0.2) is 0 Å². The number of hydrazine groups is 2. The van der Waals surface area contributed by atoms with Crippen LogP contribution in [0.5, 0.6) is 0 Å². The molecular formula is C7H19N3O. The molecule has 4 nitrogen and oxygen atoms in total. The largest absolute Gasteiger partial charge is 0.396 e.